The van der Waals surface area contributed by atoms with Gasteiger partial charge in [-0.3, -0.25) is 0 Å². The van der Waals surface area contributed by atoms with Gasteiger partial charge in [-0.2, -0.15) is 0 Å². The molecule has 2 nitrogen and oxygen atoms in total. The molecule has 1 aliphatic rings. The van der Waals surface area contributed by atoms with Gasteiger partial charge in [0, 0.05) is 3.92 Å². The Bertz CT molecular complexity index is 358. The summed E-state index contributed by atoms with van der Waals surface area (Å²) in [4.78, 5) is 0. The average molecular weight is 374 g/mol. The number of rotatable bonds is 6. The van der Waals surface area contributed by atoms with Crippen molar-refractivity contribution < 1.29 is 9.47 Å². The van der Waals surface area contributed by atoms with Gasteiger partial charge in [-0.25, -0.2) is 0 Å². The van der Waals surface area contributed by atoms with E-state index in [2.05, 4.69) is 41.6 Å². The van der Waals surface area contributed by atoms with Gasteiger partial charge in [0.1, 0.15) is 5.75 Å². The summed E-state index contributed by atoms with van der Waals surface area (Å²) in [5.74, 6) is 0.902. The average Bonchev–Trinajstić information content (AvgIpc) is 2.48. The lowest BCUT2D eigenvalue weighted by Gasteiger charge is -2.21. The zero-order valence-electron chi connectivity index (χ0n) is 11.6. The first-order valence-electron chi connectivity index (χ1n) is 7.28. The highest BCUT2D eigenvalue weighted by molar-refractivity contribution is 14.1. The van der Waals surface area contributed by atoms with Gasteiger partial charge in [0.25, 0.3) is 0 Å². The third-order valence-electron chi connectivity index (χ3n) is 3.68. The quantitative estimate of drug-likeness (QED) is 0.384. The molecule has 0 heterocycles. The Morgan fingerprint density at radius 2 is 1.84 bits per heavy atom. The monoisotopic (exact) mass is 374 g/mol. The molecular formula is C16H23IO2. The van der Waals surface area contributed by atoms with Crippen molar-refractivity contribution in [1.82, 2.24) is 0 Å². The van der Waals surface area contributed by atoms with Crippen molar-refractivity contribution in [3.8, 4) is 5.75 Å². The summed E-state index contributed by atoms with van der Waals surface area (Å²) >= 11 is 2.48. The Morgan fingerprint density at radius 3 is 2.47 bits per heavy atom. The molecule has 1 aromatic rings. The number of halogens is 1. The summed E-state index contributed by atoms with van der Waals surface area (Å²) in [5.41, 5.74) is 1.36. The Hall–Kier alpha value is -0.290. The molecule has 0 N–H and O–H groups in total. The molecule has 0 saturated heterocycles. The number of hydrogen-bond acceptors (Lipinski definition) is 2. The first-order chi connectivity index (χ1) is 9.29. The molecule has 0 aliphatic heterocycles. The lowest BCUT2D eigenvalue weighted by atomic mass is 9.98. The van der Waals surface area contributed by atoms with Gasteiger partial charge in [-0.15, -0.1) is 0 Å². The molecule has 0 aromatic heterocycles. The molecular weight excluding hydrogens is 351 g/mol. The lowest BCUT2D eigenvalue weighted by molar-refractivity contribution is -0.0496. The van der Waals surface area contributed by atoms with Crippen molar-refractivity contribution >= 4 is 22.6 Å². The molecule has 106 valence electrons. The predicted octanol–water partition coefficient (Wildman–Crippen LogP) is 5.26. The van der Waals surface area contributed by atoms with Crippen LogP contribution in [0.25, 0.3) is 0 Å². The Balaban J connectivity index is 1.73. The Kier molecular flexibility index (Phi) is 6.44. The molecule has 0 radical (unpaired) electrons. The molecule has 1 fully saturated rings. The Labute approximate surface area is 130 Å². The summed E-state index contributed by atoms with van der Waals surface area (Å²) in [7, 11) is 0. The molecule has 19 heavy (non-hydrogen) atoms. The summed E-state index contributed by atoms with van der Waals surface area (Å²) < 4.78 is 12.0. The van der Waals surface area contributed by atoms with Crippen LogP contribution in [-0.2, 0) is 4.74 Å². The minimum atomic E-state index is 0.380. The van der Waals surface area contributed by atoms with Gasteiger partial charge in [-0.05, 0) is 37.0 Å². The van der Waals surface area contributed by atoms with E-state index in [4.69, 9.17) is 9.47 Å². The van der Waals surface area contributed by atoms with Crippen LogP contribution in [-0.4, -0.2) is 12.9 Å². The van der Waals surface area contributed by atoms with E-state index in [9.17, 15) is 0 Å². The second-order valence-electron chi connectivity index (χ2n) is 5.13. The molecule has 0 spiro atoms. The van der Waals surface area contributed by atoms with Crippen molar-refractivity contribution in [3.05, 3.63) is 29.8 Å². The van der Waals surface area contributed by atoms with E-state index in [1.54, 1.807) is 0 Å². The topological polar surface area (TPSA) is 18.5 Å². The van der Waals surface area contributed by atoms with Gasteiger partial charge in [0.2, 0.25) is 0 Å². The molecule has 1 aromatic carbocycles. The molecule has 1 unspecified atom stereocenters. The second kappa shape index (κ2) is 8.10. The SMILES string of the molecule is CCC(I)c1ccc(OCOC2CCCCC2)cc1. The van der Waals surface area contributed by atoms with Crippen molar-refractivity contribution in [1.29, 1.82) is 0 Å². The number of alkyl halides is 1. The molecule has 0 bridgehead atoms. The van der Waals surface area contributed by atoms with Gasteiger partial charge in [-0.1, -0.05) is 60.9 Å². The summed E-state index contributed by atoms with van der Waals surface area (Å²) in [6.45, 7) is 2.59. The van der Waals surface area contributed by atoms with Crippen LogP contribution in [0, 0.1) is 0 Å². The van der Waals surface area contributed by atoms with E-state index in [0.29, 0.717) is 16.8 Å². The van der Waals surface area contributed by atoms with Crippen molar-refractivity contribution in [2.75, 3.05) is 6.79 Å². The highest BCUT2D eigenvalue weighted by atomic mass is 127. The standard InChI is InChI=1S/C16H23IO2/c1-2-16(17)13-8-10-15(11-9-13)19-12-18-14-6-4-3-5-7-14/h8-11,14,16H,2-7,12H2,1H3. The second-order valence-corrected chi connectivity index (χ2v) is 6.64. The van der Waals surface area contributed by atoms with Crippen LogP contribution >= 0.6 is 22.6 Å². The van der Waals surface area contributed by atoms with Crippen LogP contribution in [0.3, 0.4) is 0 Å². The van der Waals surface area contributed by atoms with Crippen LogP contribution in [0.15, 0.2) is 24.3 Å². The van der Waals surface area contributed by atoms with E-state index in [-0.39, 0.29) is 0 Å². The molecule has 1 aliphatic carbocycles. The van der Waals surface area contributed by atoms with E-state index in [1.165, 1.54) is 37.7 Å². The Morgan fingerprint density at radius 1 is 1.16 bits per heavy atom. The van der Waals surface area contributed by atoms with Crippen LogP contribution in [0.5, 0.6) is 5.75 Å². The lowest BCUT2D eigenvalue weighted by Crippen LogP contribution is -2.19. The molecule has 3 heteroatoms. The number of hydrogen-bond donors (Lipinski definition) is 0. The maximum Gasteiger partial charge on any atom is 0.189 e. The van der Waals surface area contributed by atoms with Crippen molar-refractivity contribution in [2.24, 2.45) is 0 Å². The fourth-order valence-corrected chi connectivity index (χ4v) is 2.85. The maximum absolute atomic E-state index is 5.76. The fraction of sp³-hybridized carbons (Fsp3) is 0.625. The third-order valence-corrected chi connectivity index (χ3v) is 5.28. The van der Waals surface area contributed by atoms with Gasteiger partial charge >= 0.3 is 0 Å². The zero-order valence-corrected chi connectivity index (χ0v) is 13.8. The summed E-state index contributed by atoms with van der Waals surface area (Å²) in [6.07, 6.45) is 7.90. The largest absolute Gasteiger partial charge is 0.468 e. The first-order valence-corrected chi connectivity index (χ1v) is 8.52. The molecule has 1 atom stereocenters. The third kappa shape index (κ3) is 4.95. The predicted molar refractivity (Wildman–Crippen MR) is 86.9 cm³/mol. The normalized spacial score (nSPS) is 18.2. The molecule has 0 amide bonds. The molecule has 2 rings (SSSR count). The minimum Gasteiger partial charge on any atom is -0.468 e. The summed E-state index contributed by atoms with van der Waals surface area (Å²) in [5, 5.41) is 0. The highest BCUT2D eigenvalue weighted by Gasteiger charge is 2.13. The number of ether oxygens (including phenoxy) is 2. The van der Waals surface area contributed by atoms with Crippen LogP contribution in [0.4, 0.5) is 0 Å². The van der Waals surface area contributed by atoms with E-state index < -0.39 is 0 Å². The van der Waals surface area contributed by atoms with E-state index in [1.807, 2.05) is 12.1 Å². The minimum absolute atomic E-state index is 0.380. The number of benzene rings is 1. The van der Waals surface area contributed by atoms with Crippen molar-refractivity contribution in [3.63, 3.8) is 0 Å². The van der Waals surface area contributed by atoms with Crippen LogP contribution < -0.4 is 4.74 Å². The van der Waals surface area contributed by atoms with Crippen molar-refractivity contribution in [2.45, 2.75) is 55.5 Å². The first kappa shape index (κ1) is 15.1. The maximum atomic E-state index is 5.76. The smallest absolute Gasteiger partial charge is 0.189 e. The molecule has 1 saturated carbocycles. The van der Waals surface area contributed by atoms with Crippen LogP contribution in [0.2, 0.25) is 0 Å². The van der Waals surface area contributed by atoms with Gasteiger partial charge < -0.3 is 9.47 Å². The zero-order chi connectivity index (χ0) is 13.5. The highest BCUT2D eigenvalue weighted by Crippen LogP contribution is 2.28. The van der Waals surface area contributed by atoms with Gasteiger partial charge in [0.05, 0.1) is 6.10 Å². The fourth-order valence-electron chi connectivity index (χ4n) is 2.44. The van der Waals surface area contributed by atoms with Crippen LogP contribution in [0.1, 0.15) is 54.9 Å². The summed E-state index contributed by atoms with van der Waals surface area (Å²) in [6, 6.07) is 8.38. The van der Waals surface area contributed by atoms with E-state index in [0.717, 1.165) is 12.2 Å². The van der Waals surface area contributed by atoms with Gasteiger partial charge in [0.15, 0.2) is 6.79 Å². The van der Waals surface area contributed by atoms with E-state index >= 15 is 0 Å².